The summed E-state index contributed by atoms with van der Waals surface area (Å²) in [6, 6.07) is 9.30. The summed E-state index contributed by atoms with van der Waals surface area (Å²) in [6.07, 6.45) is 3.95. The molecule has 1 heterocycles. The minimum atomic E-state index is -1.17. The molecule has 1 aromatic heterocycles. The van der Waals surface area contributed by atoms with Crippen LogP contribution < -0.4 is 5.73 Å². The third kappa shape index (κ3) is 3.71. The van der Waals surface area contributed by atoms with Gasteiger partial charge in [0.25, 0.3) is 0 Å². The van der Waals surface area contributed by atoms with Crippen molar-refractivity contribution in [2.75, 3.05) is 6.61 Å². The van der Waals surface area contributed by atoms with Crippen LogP contribution >= 0.6 is 15.9 Å². The van der Waals surface area contributed by atoms with Crippen molar-refractivity contribution in [1.29, 1.82) is 0 Å². The Labute approximate surface area is 132 Å². The summed E-state index contributed by atoms with van der Waals surface area (Å²) in [6.45, 7) is 2.60. The van der Waals surface area contributed by atoms with E-state index in [-0.39, 0.29) is 0 Å². The molecule has 0 aliphatic carbocycles. The number of halogens is 1. The van der Waals surface area contributed by atoms with E-state index in [9.17, 15) is 4.79 Å². The van der Waals surface area contributed by atoms with Gasteiger partial charge in [-0.05, 0) is 34.8 Å². The second-order valence-corrected chi connectivity index (χ2v) is 5.65. The van der Waals surface area contributed by atoms with Gasteiger partial charge in [-0.3, -0.25) is 4.68 Å². The minimum absolute atomic E-state index is 0.304. The number of esters is 1. The van der Waals surface area contributed by atoms with Crippen molar-refractivity contribution >= 4 is 21.9 Å². The first kappa shape index (κ1) is 15.7. The van der Waals surface area contributed by atoms with Gasteiger partial charge >= 0.3 is 5.97 Å². The topological polar surface area (TPSA) is 70.1 Å². The molecule has 112 valence electrons. The monoisotopic (exact) mass is 351 g/mol. The second kappa shape index (κ2) is 6.87. The molecule has 1 atom stereocenters. The average Bonchev–Trinajstić information content (AvgIpc) is 2.91. The maximum atomic E-state index is 12.3. The number of ether oxygens (including phenoxy) is 1. The van der Waals surface area contributed by atoms with Crippen LogP contribution in [0, 0.1) is 0 Å². The molecule has 0 fully saturated rings. The number of carbonyl (C=O) groups is 1. The van der Waals surface area contributed by atoms with E-state index in [2.05, 4.69) is 21.0 Å². The summed E-state index contributed by atoms with van der Waals surface area (Å²) in [4.78, 5) is 12.3. The first-order valence-corrected chi connectivity index (χ1v) is 7.55. The van der Waals surface area contributed by atoms with Crippen LogP contribution in [0.25, 0.3) is 0 Å². The zero-order valence-corrected chi connectivity index (χ0v) is 13.4. The van der Waals surface area contributed by atoms with Crippen LogP contribution in [0.3, 0.4) is 0 Å². The summed E-state index contributed by atoms with van der Waals surface area (Å²) in [5, 5.41) is 4.18. The molecule has 2 aromatic rings. The van der Waals surface area contributed by atoms with Crippen molar-refractivity contribution in [3.05, 3.63) is 52.8 Å². The SMILES string of the molecule is CCOC(=O)C(N)(CCn1cc(Br)cn1)c1ccccc1. The van der Waals surface area contributed by atoms with Crippen LogP contribution in [0.1, 0.15) is 18.9 Å². The lowest BCUT2D eigenvalue weighted by atomic mass is 9.87. The Kier molecular flexibility index (Phi) is 5.14. The highest BCUT2D eigenvalue weighted by Gasteiger charge is 2.37. The van der Waals surface area contributed by atoms with E-state index in [1.54, 1.807) is 17.8 Å². The summed E-state index contributed by atoms with van der Waals surface area (Å²) in [5.41, 5.74) is 5.95. The maximum Gasteiger partial charge on any atom is 0.330 e. The van der Waals surface area contributed by atoms with E-state index in [0.29, 0.717) is 19.6 Å². The first-order chi connectivity index (χ1) is 10.1. The number of aromatic nitrogens is 2. The molecular weight excluding hydrogens is 334 g/mol. The molecule has 0 bridgehead atoms. The second-order valence-electron chi connectivity index (χ2n) is 4.73. The van der Waals surface area contributed by atoms with Crippen LogP contribution in [0.5, 0.6) is 0 Å². The van der Waals surface area contributed by atoms with Crippen LogP contribution in [0.2, 0.25) is 0 Å². The number of hydrogen-bond acceptors (Lipinski definition) is 4. The smallest absolute Gasteiger partial charge is 0.330 e. The maximum absolute atomic E-state index is 12.3. The Morgan fingerprint density at radius 1 is 1.43 bits per heavy atom. The number of nitrogens with two attached hydrogens (primary N) is 1. The fraction of sp³-hybridized carbons (Fsp3) is 0.333. The number of nitrogens with zero attached hydrogens (tertiary/aromatic N) is 2. The van der Waals surface area contributed by atoms with Gasteiger partial charge in [-0.15, -0.1) is 0 Å². The van der Waals surface area contributed by atoms with Crippen molar-refractivity contribution in [2.45, 2.75) is 25.4 Å². The van der Waals surface area contributed by atoms with Crippen molar-refractivity contribution < 1.29 is 9.53 Å². The van der Waals surface area contributed by atoms with Crippen molar-refractivity contribution in [1.82, 2.24) is 9.78 Å². The van der Waals surface area contributed by atoms with Gasteiger partial charge in [-0.1, -0.05) is 30.3 Å². The average molecular weight is 352 g/mol. The molecule has 0 saturated carbocycles. The molecule has 2 N–H and O–H groups in total. The molecule has 0 saturated heterocycles. The standard InChI is InChI=1S/C15H18BrN3O2/c1-2-21-14(20)15(17,12-6-4-3-5-7-12)8-9-19-11-13(16)10-18-19/h3-7,10-11H,2,8-9,17H2,1H3. The lowest BCUT2D eigenvalue weighted by Gasteiger charge is -2.27. The Balaban J connectivity index is 2.21. The largest absolute Gasteiger partial charge is 0.464 e. The van der Waals surface area contributed by atoms with Gasteiger partial charge in [0, 0.05) is 12.7 Å². The van der Waals surface area contributed by atoms with E-state index in [1.165, 1.54) is 0 Å². The fourth-order valence-corrected chi connectivity index (χ4v) is 2.44. The lowest BCUT2D eigenvalue weighted by Crippen LogP contribution is -2.47. The summed E-state index contributed by atoms with van der Waals surface area (Å²) in [7, 11) is 0. The molecule has 0 radical (unpaired) electrons. The molecule has 21 heavy (non-hydrogen) atoms. The Hall–Kier alpha value is -1.66. The van der Waals surface area contributed by atoms with Crippen molar-refractivity contribution in [3.8, 4) is 0 Å². The first-order valence-electron chi connectivity index (χ1n) is 6.76. The lowest BCUT2D eigenvalue weighted by molar-refractivity contribution is -0.150. The van der Waals surface area contributed by atoms with Gasteiger partial charge in [0.2, 0.25) is 0 Å². The van der Waals surface area contributed by atoms with Gasteiger partial charge in [-0.2, -0.15) is 5.10 Å². The molecule has 0 aliphatic heterocycles. The Morgan fingerprint density at radius 3 is 2.71 bits per heavy atom. The third-order valence-electron chi connectivity index (χ3n) is 3.27. The highest BCUT2D eigenvalue weighted by molar-refractivity contribution is 9.10. The predicted molar refractivity (Wildman–Crippen MR) is 83.5 cm³/mol. The predicted octanol–water partition coefficient (Wildman–Crippen LogP) is 2.45. The van der Waals surface area contributed by atoms with Gasteiger partial charge in [0.15, 0.2) is 0 Å². The molecule has 1 unspecified atom stereocenters. The molecule has 0 spiro atoms. The number of rotatable bonds is 6. The molecule has 5 nitrogen and oxygen atoms in total. The van der Waals surface area contributed by atoms with Crippen molar-refractivity contribution in [3.63, 3.8) is 0 Å². The normalized spacial score (nSPS) is 13.7. The van der Waals surface area contributed by atoms with E-state index >= 15 is 0 Å². The zero-order valence-electron chi connectivity index (χ0n) is 11.8. The molecule has 2 rings (SSSR count). The fourth-order valence-electron chi connectivity index (χ4n) is 2.11. The molecule has 6 heteroatoms. The summed E-state index contributed by atoms with van der Waals surface area (Å²) >= 11 is 3.35. The van der Waals surface area contributed by atoms with E-state index in [1.807, 2.05) is 36.5 Å². The molecular formula is C15H18BrN3O2. The number of benzene rings is 1. The quantitative estimate of drug-likeness (QED) is 0.811. The number of hydrogen-bond donors (Lipinski definition) is 1. The molecule has 0 amide bonds. The number of carbonyl (C=O) groups excluding carboxylic acids is 1. The van der Waals surface area contributed by atoms with Crippen LogP contribution in [-0.4, -0.2) is 22.4 Å². The number of aryl methyl sites for hydroxylation is 1. The Morgan fingerprint density at radius 2 is 2.14 bits per heavy atom. The Bertz CT molecular complexity index is 600. The highest BCUT2D eigenvalue weighted by Crippen LogP contribution is 2.25. The van der Waals surface area contributed by atoms with Gasteiger partial charge < -0.3 is 10.5 Å². The van der Waals surface area contributed by atoms with E-state index in [4.69, 9.17) is 10.5 Å². The van der Waals surface area contributed by atoms with Gasteiger partial charge in [0.1, 0.15) is 5.54 Å². The zero-order chi connectivity index (χ0) is 15.3. The van der Waals surface area contributed by atoms with Crippen molar-refractivity contribution in [2.24, 2.45) is 5.73 Å². The summed E-state index contributed by atoms with van der Waals surface area (Å²) in [5.74, 6) is -0.414. The van der Waals surface area contributed by atoms with Gasteiger partial charge in [-0.25, -0.2) is 4.79 Å². The minimum Gasteiger partial charge on any atom is -0.464 e. The van der Waals surface area contributed by atoms with E-state index in [0.717, 1.165) is 10.0 Å². The van der Waals surface area contributed by atoms with Crippen LogP contribution in [-0.2, 0) is 21.6 Å². The molecule has 0 aliphatic rings. The van der Waals surface area contributed by atoms with Crippen LogP contribution in [0.4, 0.5) is 0 Å². The molecule has 1 aromatic carbocycles. The highest BCUT2D eigenvalue weighted by atomic mass is 79.9. The van der Waals surface area contributed by atoms with Gasteiger partial charge in [0.05, 0.1) is 17.3 Å². The van der Waals surface area contributed by atoms with Crippen LogP contribution in [0.15, 0.2) is 47.2 Å². The third-order valence-corrected chi connectivity index (χ3v) is 3.68. The van der Waals surface area contributed by atoms with E-state index < -0.39 is 11.5 Å². The summed E-state index contributed by atoms with van der Waals surface area (Å²) < 4.78 is 7.79.